The van der Waals surface area contributed by atoms with E-state index in [9.17, 15) is 28.8 Å². The lowest BCUT2D eigenvalue weighted by molar-refractivity contribution is -0.162. The van der Waals surface area contributed by atoms with E-state index in [2.05, 4.69) is 13.2 Å². The summed E-state index contributed by atoms with van der Waals surface area (Å²) in [5, 5.41) is 0. The molecule has 0 aliphatic heterocycles. The van der Waals surface area contributed by atoms with Crippen LogP contribution in [0.4, 0.5) is 0 Å². The molecular formula is C33H36O10. The van der Waals surface area contributed by atoms with Crippen molar-refractivity contribution in [2.24, 2.45) is 0 Å². The van der Waals surface area contributed by atoms with Gasteiger partial charge in [0.25, 0.3) is 0 Å². The summed E-state index contributed by atoms with van der Waals surface area (Å²) in [4.78, 5) is 71.0. The Bertz CT molecular complexity index is 1280. The Labute approximate surface area is 250 Å². The fraction of sp³-hybridized carbons (Fsp3) is 0.333. The van der Waals surface area contributed by atoms with E-state index in [-0.39, 0.29) is 62.0 Å². The van der Waals surface area contributed by atoms with Crippen molar-refractivity contribution in [2.75, 3.05) is 13.2 Å². The first-order valence-electron chi connectivity index (χ1n) is 13.6. The van der Waals surface area contributed by atoms with Crippen LogP contribution in [0.2, 0.25) is 0 Å². The van der Waals surface area contributed by atoms with Gasteiger partial charge in [0.2, 0.25) is 0 Å². The molecule has 0 fully saturated rings. The van der Waals surface area contributed by atoms with Crippen molar-refractivity contribution in [2.45, 2.75) is 58.8 Å². The molecule has 0 radical (unpaired) electrons. The lowest BCUT2D eigenvalue weighted by Crippen LogP contribution is -2.24. The maximum atomic E-state index is 12.1. The third-order valence-corrected chi connectivity index (χ3v) is 6.42. The Kier molecular flexibility index (Phi) is 12.7. The molecule has 228 valence electrons. The summed E-state index contributed by atoms with van der Waals surface area (Å²) in [6.45, 7) is 14.0. The second kappa shape index (κ2) is 16.0. The highest BCUT2D eigenvalue weighted by atomic mass is 16.6. The highest BCUT2D eigenvalue weighted by Gasteiger charge is 2.25. The normalized spacial score (nSPS) is 10.7. The van der Waals surface area contributed by atoms with E-state index in [1.54, 1.807) is 62.4 Å². The van der Waals surface area contributed by atoms with Gasteiger partial charge < -0.3 is 18.9 Å². The van der Waals surface area contributed by atoms with Gasteiger partial charge in [-0.05, 0) is 73.2 Å². The molecule has 0 atom stereocenters. The molecule has 43 heavy (non-hydrogen) atoms. The first-order chi connectivity index (χ1) is 20.2. The number of ketones is 2. The van der Waals surface area contributed by atoms with Gasteiger partial charge in [0.1, 0.15) is 11.5 Å². The van der Waals surface area contributed by atoms with Gasteiger partial charge in [-0.3, -0.25) is 9.59 Å². The van der Waals surface area contributed by atoms with E-state index >= 15 is 0 Å². The molecule has 0 aliphatic carbocycles. The Hall–Kier alpha value is -4.86. The van der Waals surface area contributed by atoms with Crippen molar-refractivity contribution in [3.05, 3.63) is 84.0 Å². The maximum absolute atomic E-state index is 12.1. The highest BCUT2D eigenvalue weighted by molar-refractivity contribution is 6.30. The predicted molar refractivity (Wildman–Crippen MR) is 156 cm³/mol. The van der Waals surface area contributed by atoms with Gasteiger partial charge >= 0.3 is 23.9 Å². The first-order valence-corrected chi connectivity index (χ1v) is 13.6. The largest absolute Gasteiger partial charge is 0.457 e. The first kappa shape index (κ1) is 34.3. The number of hydrogen-bond donors (Lipinski definition) is 0. The topological polar surface area (TPSA) is 139 Å². The fourth-order valence-electron chi connectivity index (χ4n) is 3.68. The molecule has 0 aliphatic rings. The summed E-state index contributed by atoms with van der Waals surface area (Å²) in [5.74, 6) is -4.64. The lowest BCUT2D eigenvalue weighted by Gasteiger charge is -2.26. The van der Waals surface area contributed by atoms with E-state index in [0.29, 0.717) is 11.1 Å². The van der Waals surface area contributed by atoms with Crippen molar-refractivity contribution >= 4 is 35.4 Å². The van der Waals surface area contributed by atoms with Crippen molar-refractivity contribution in [1.82, 2.24) is 0 Å². The zero-order valence-corrected chi connectivity index (χ0v) is 24.9. The molecule has 0 heterocycles. The highest BCUT2D eigenvalue weighted by Crippen LogP contribution is 2.33. The van der Waals surface area contributed by atoms with Crippen LogP contribution in [0, 0.1) is 0 Å². The second-order valence-electron chi connectivity index (χ2n) is 10.3. The third kappa shape index (κ3) is 10.8. The van der Waals surface area contributed by atoms with Crippen molar-refractivity contribution < 1.29 is 47.7 Å². The maximum Gasteiger partial charge on any atom is 0.422 e. The molecule has 2 rings (SSSR count). The van der Waals surface area contributed by atoms with E-state index in [1.165, 1.54) is 0 Å². The Morgan fingerprint density at radius 2 is 0.907 bits per heavy atom. The van der Waals surface area contributed by atoms with Crippen molar-refractivity contribution in [3.63, 3.8) is 0 Å². The van der Waals surface area contributed by atoms with Gasteiger partial charge in [0.15, 0.2) is 11.6 Å². The van der Waals surface area contributed by atoms with E-state index in [1.807, 2.05) is 13.8 Å². The van der Waals surface area contributed by atoms with Crippen LogP contribution < -0.4 is 9.47 Å². The number of carbonyl (C=O) groups is 6. The van der Waals surface area contributed by atoms with Crippen LogP contribution in [0.3, 0.4) is 0 Å². The third-order valence-electron chi connectivity index (χ3n) is 6.42. The molecular weight excluding hydrogens is 556 g/mol. The number of ether oxygens (including phenoxy) is 4. The van der Waals surface area contributed by atoms with Crippen LogP contribution in [0.1, 0.15) is 64.5 Å². The minimum Gasteiger partial charge on any atom is -0.457 e. The van der Waals surface area contributed by atoms with Gasteiger partial charge in [0, 0.05) is 18.3 Å². The zero-order valence-electron chi connectivity index (χ0n) is 24.9. The standard InChI is InChI=1S/C33H36O10/c1-21(2)27(34)9-7-19-40-29(36)31(38)42-25-15-11-23(12-16-25)33(5,6)24-13-17-26(18-14-24)43-32(39)30(37)41-20-8-10-28(35)22(3)4/h11-18H,1,3,7-10,19-20H2,2,4-6H3. The smallest absolute Gasteiger partial charge is 0.422 e. The summed E-state index contributed by atoms with van der Waals surface area (Å²) in [6, 6.07) is 13.1. The minimum atomic E-state index is -1.18. The van der Waals surface area contributed by atoms with E-state index in [4.69, 9.17) is 18.9 Å². The summed E-state index contributed by atoms with van der Waals surface area (Å²) >= 11 is 0. The number of benzene rings is 2. The molecule has 2 aromatic rings. The molecule has 0 saturated heterocycles. The molecule has 0 aromatic heterocycles. The molecule has 10 heteroatoms. The number of rotatable bonds is 14. The molecule has 0 bridgehead atoms. The summed E-state index contributed by atoms with van der Waals surface area (Å²) < 4.78 is 19.9. The Balaban J connectivity index is 1.88. The van der Waals surface area contributed by atoms with Crippen LogP contribution in [0.25, 0.3) is 0 Å². The predicted octanol–water partition coefficient (Wildman–Crippen LogP) is 4.76. The van der Waals surface area contributed by atoms with Gasteiger partial charge in [-0.25, -0.2) is 19.2 Å². The second-order valence-corrected chi connectivity index (χ2v) is 10.3. The number of hydrogen-bond acceptors (Lipinski definition) is 10. The molecule has 0 amide bonds. The fourth-order valence-corrected chi connectivity index (χ4v) is 3.68. The van der Waals surface area contributed by atoms with Gasteiger partial charge in [-0.1, -0.05) is 51.3 Å². The summed E-state index contributed by atoms with van der Waals surface area (Å²) in [6.07, 6.45) is 0.869. The Morgan fingerprint density at radius 3 is 1.21 bits per heavy atom. The van der Waals surface area contributed by atoms with Crippen LogP contribution in [-0.2, 0) is 43.7 Å². The molecule has 2 aromatic carbocycles. The number of Topliss-reactive ketones (excluding diaryl/α,β-unsaturated/α-hetero) is 2. The average Bonchev–Trinajstić information content (AvgIpc) is 2.97. The number of esters is 4. The van der Waals surface area contributed by atoms with E-state index in [0.717, 1.165) is 11.1 Å². The van der Waals surface area contributed by atoms with Crippen LogP contribution in [0.5, 0.6) is 11.5 Å². The average molecular weight is 593 g/mol. The minimum absolute atomic E-state index is 0.0957. The quantitative estimate of drug-likeness (QED) is 0.0992. The van der Waals surface area contributed by atoms with Crippen molar-refractivity contribution in [1.29, 1.82) is 0 Å². The zero-order chi connectivity index (χ0) is 32.2. The summed E-state index contributed by atoms with van der Waals surface area (Å²) in [7, 11) is 0. The molecule has 0 unspecified atom stereocenters. The number of allylic oxidation sites excluding steroid dienone is 2. The van der Waals surface area contributed by atoms with Gasteiger partial charge in [-0.15, -0.1) is 0 Å². The molecule has 10 nitrogen and oxygen atoms in total. The SMILES string of the molecule is C=C(C)C(=O)CCCOC(=O)C(=O)Oc1ccc(C(C)(C)c2ccc(OC(=O)C(=O)OCCCC(=O)C(=C)C)cc2)cc1. The summed E-state index contributed by atoms with van der Waals surface area (Å²) in [5.41, 5.74) is 2.02. The van der Waals surface area contributed by atoms with Crippen LogP contribution in [0.15, 0.2) is 72.8 Å². The Morgan fingerprint density at radius 1 is 0.581 bits per heavy atom. The monoisotopic (exact) mass is 592 g/mol. The van der Waals surface area contributed by atoms with Crippen LogP contribution in [-0.4, -0.2) is 48.7 Å². The number of carbonyl (C=O) groups excluding carboxylic acids is 6. The van der Waals surface area contributed by atoms with Gasteiger partial charge in [0.05, 0.1) is 13.2 Å². The molecule has 0 saturated carbocycles. The molecule has 0 spiro atoms. The van der Waals surface area contributed by atoms with Crippen molar-refractivity contribution in [3.8, 4) is 11.5 Å². The lowest BCUT2D eigenvalue weighted by atomic mass is 9.78. The molecule has 0 N–H and O–H groups in total. The van der Waals surface area contributed by atoms with Crippen LogP contribution >= 0.6 is 0 Å². The van der Waals surface area contributed by atoms with E-state index < -0.39 is 29.3 Å². The van der Waals surface area contributed by atoms with Gasteiger partial charge in [-0.2, -0.15) is 0 Å².